The maximum absolute atomic E-state index is 12.3. The van der Waals surface area contributed by atoms with Gasteiger partial charge in [-0.2, -0.15) is 0 Å². The number of amides is 1. The van der Waals surface area contributed by atoms with Crippen molar-refractivity contribution in [2.45, 2.75) is 0 Å². The van der Waals surface area contributed by atoms with Crippen LogP contribution in [-0.4, -0.2) is 58.9 Å². The Balaban J connectivity index is 3.03. The number of nitrogens with zero attached hydrogens (tertiary/aromatic N) is 2. The molecule has 1 heterocycles. The number of carbonyl (C=O) groups is 1. The molecule has 1 aromatic rings. The second-order valence-corrected chi connectivity index (χ2v) is 3.64. The Labute approximate surface area is 111 Å². The molecule has 1 amide bonds. The normalized spacial score (nSPS) is 9.63. The summed E-state index contributed by atoms with van der Waals surface area (Å²) in [5, 5.41) is 17.9. The van der Waals surface area contributed by atoms with Gasteiger partial charge in [-0.25, -0.2) is 4.98 Å². The summed E-state index contributed by atoms with van der Waals surface area (Å²) in [6.45, 7) is 0.115. The minimum Gasteiger partial charge on any atom is -0.395 e. The van der Waals surface area contributed by atoms with E-state index in [1.54, 1.807) is 12.1 Å². The second kappa shape index (κ2) is 8.21. The maximum atomic E-state index is 12.3. The van der Waals surface area contributed by atoms with Gasteiger partial charge in [0, 0.05) is 19.3 Å². The van der Waals surface area contributed by atoms with Crippen LogP contribution in [0.5, 0.6) is 0 Å². The molecule has 6 heteroatoms. The number of hydrogen-bond acceptors (Lipinski definition) is 5. The predicted octanol–water partition coefficient (Wildman–Crippen LogP) is -1.18. The van der Waals surface area contributed by atoms with E-state index >= 15 is 0 Å². The van der Waals surface area contributed by atoms with E-state index in [0.717, 1.165) is 0 Å². The minimum absolute atomic E-state index is 0.139. The number of aliphatic hydroxyl groups is 2. The number of pyridine rings is 1. The first-order valence-corrected chi connectivity index (χ1v) is 5.89. The zero-order valence-electron chi connectivity index (χ0n) is 10.5. The van der Waals surface area contributed by atoms with Gasteiger partial charge in [0.1, 0.15) is 5.69 Å². The maximum Gasteiger partial charge on any atom is 0.273 e. The van der Waals surface area contributed by atoms with Crippen molar-refractivity contribution in [3.05, 3.63) is 29.6 Å². The number of carbonyl (C=O) groups excluding carboxylic acids is 1. The Bertz CT molecular complexity index is 474. The topological polar surface area (TPSA) is 99.7 Å². The monoisotopic (exact) mass is 263 g/mol. The predicted molar refractivity (Wildman–Crippen MR) is 70.2 cm³/mol. The molecule has 0 atom stereocenters. The highest BCUT2D eigenvalue weighted by molar-refractivity contribution is 5.94. The summed E-state index contributed by atoms with van der Waals surface area (Å²) >= 11 is 0. The quantitative estimate of drug-likeness (QED) is 0.581. The fraction of sp³-hybridized carbons (Fsp3) is 0.385. The molecular formula is C13H17N3O3. The summed E-state index contributed by atoms with van der Waals surface area (Å²) in [7, 11) is 0. The molecule has 0 unspecified atom stereocenters. The van der Waals surface area contributed by atoms with Crippen molar-refractivity contribution < 1.29 is 15.0 Å². The van der Waals surface area contributed by atoms with E-state index in [0.29, 0.717) is 5.56 Å². The van der Waals surface area contributed by atoms with Crippen molar-refractivity contribution in [2.24, 2.45) is 5.73 Å². The van der Waals surface area contributed by atoms with Gasteiger partial charge in [0.25, 0.3) is 5.91 Å². The summed E-state index contributed by atoms with van der Waals surface area (Å²) < 4.78 is 0. The SMILES string of the molecule is NCC#Cc1cccnc1C(=O)N(CCO)CCO. The van der Waals surface area contributed by atoms with Crippen molar-refractivity contribution in [2.75, 3.05) is 32.8 Å². The van der Waals surface area contributed by atoms with E-state index in [1.165, 1.54) is 11.1 Å². The van der Waals surface area contributed by atoms with Gasteiger partial charge in [0.05, 0.1) is 25.3 Å². The van der Waals surface area contributed by atoms with E-state index < -0.39 is 0 Å². The summed E-state index contributed by atoms with van der Waals surface area (Å²) in [6, 6.07) is 3.36. The molecule has 1 rings (SSSR count). The highest BCUT2D eigenvalue weighted by Gasteiger charge is 2.18. The average molecular weight is 263 g/mol. The molecule has 0 aliphatic heterocycles. The first-order chi connectivity index (χ1) is 9.24. The first kappa shape index (κ1) is 15.1. The third-order valence-electron chi connectivity index (χ3n) is 2.36. The molecule has 19 heavy (non-hydrogen) atoms. The molecule has 0 bridgehead atoms. The van der Waals surface area contributed by atoms with Crippen LogP contribution in [0.2, 0.25) is 0 Å². The number of hydrogen-bond donors (Lipinski definition) is 3. The van der Waals surface area contributed by atoms with Crippen molar-refractivity contribution in [1.29, 1.82) is 0 Å². The van der Waals surface area contributed by atoms with E-state index in [1.807, 2.05) is 0 Å². The minimum atomic E-state index is -0.370. The van der Waals surface area contributed by atoms with Crippen LogP contribution >= 0.6 is 0 Å². The van der Waals surface area contributed by atoms with Gasteiger partial charge in [0.2, 0.25) is 0 Å². The van der Waals surface area contributed by atoms with Crippen molar-refractivity contribution in [1.82, 2.24) is 9.88 Å². The lowest BCUT2D eigenvalue weighted by Gasteiger charge is -2.20. The van der Waals surface area contributed by atoms with E-state index in [9.17, 15) is 4.79 Å². The number of nitrogens with two attached hydrogens (primary N) is 1. The standard InChI is InChI=1S/C13H17N3O3/c14-5-1-3-11-4-2-6-15-12(11)13(19)16(7-9-17)8-10-18/h2,4,6,17-18H,5,7-10,14H2. The van der Waals surface area contributed by atoms with Gasteiger partial charge in [-0.15, -0.1) is 0 Å². The smallest absolute Gasteiger partial charge is 0.273 e. The Morgan fingerprint density at radius 2 is 2.05 bits per heavy atom. The largest absolute Gasteiger partial charge is 0.395 e. The van der Waals surface area contributed by atoms with Crippen LogP contribution in [0.4, 0.5) is 0 Å². The molecule has 0 saturated carbocycles. The molecule has 4 N–H and O–H groups in total. The van der Waals surface area contributed by atoms with Crippen LogP contribution in [0, 0.1) is 11.8 Å². The van der Waals surface area contributed by atoms with Crippen molar-refractivity contribution in [3.63, 3.8) is 0 Å². The molecule has 0 aliphatic carbocycles. The Kier molecular flexibility index (Phi) is 6.53. The third kappa shape index (κ3) is 4.34. The summed E-state index contributed by atoms with van der Waals surface area (Å²) in [6.07, 6.45) is 1.50. The zero-order valence-corrected chi connectivity index (χ0v) is 10.5. The molecule has 0 radical (unpaired) electrons. The first-order valence-electron chi connectivity index (χ1n) is 5.89. The van der Waals surface area contributed by atoms with Crippen LogP contribution in [0.1, 0.15) is 16.1 Å². The Morgan fingerprint density at radius 3 is 2.63 bits per heavy atom. The van der Waals surface area contributed by atoms with Gasteiger partial charge in [-0.1, -0.05) is 11.8 Å². The van der Waals surface area contributed by atoms with Gasteiger partial charge in [0.15, 0.2) is 0 Å². The second-order valence-electron chi connectivity index (χ2n) is 3.64. The molecule has 0 aromatic carbocycles. The summed E-state index contributed by atoms with van der Waals surface area (Å²) in [5.74, 6) is 5.08. The van der Waals surface area contributed by atoms with Crippen LogP contribution in [-0.2, 0) is 0 Å². The highest BCUT2D eigenvalue weighted by atomic mass is 16.3. The Hall–Kier alpha value is -1.94. The fourth-order valence-corrected chi connectivity index (χ4v) is 1.53. The number of aromatic nitrogens is 1. The van der Waals surface area contributed by atoms with E-state index in [2.05, 4.69) is 16.8 Å². The zero-order chi connectivity index (χ0) is 14.1. The summed E-state index contributed by atoms with van der Waals surface area (Å²) in [4.78, 5) is 17.6. The average Bonchev–Trinajstić information content (AvgIpc) is 2.44. The number of aliphatic hydroxyl groups excluding tert-OH is 2. The lowest BCUT2D eigenvalue weighted by Crippen LogP contribution is -2.36. The molecule has 6 nitrogen and oxygen atoms in total. The van der Waals surface area contributed by atoms with Crippen molar-refractivity contribution in [3.8, 4) is 11.8 Å². The van der Waals surface area contributed by atoms with E-state index in [4.69, 9.17) is 15.9 Å². The van der Waals surface area contributed by atoms with Crippen LogP contribution < -0.4 is 5.73 Å². The van der Waals surface area contributed by atoms with E-state index in [-0.39, 0.29) is 44.4 Å². The Morgan fingerprint density at radius 1 is 1.37 bits per heavy atom. The molecule has 0 saturated heterocycles. The summed E-state index contributed by atoms with van der Waals surface area (Å²) in [5.41, 5.74) is 5.99. The van der Waals surface area contributed by atoms with Crippen molar-refractivity contribution >= 4 is 5.91 Å². The molecule has 1 aromatic heterocycles. The molecule has 0 spiro atoms. The fourth-order valence-electron chi connectivity index (χ4n) is 1.53. The molecular weight excluding hydrogens is 246 g/mol. The van der Waals surface area contributed by atoms with Gasteiger partial charge in [-0.05, 0) is 12.1 Å². The lowest BCUT2D eigenvalue weighted by atomic mass is 10.1. The van der Waals surface area contributed by atoms with Crippen LogP contribution in [0.15, 0.2) is 18.3 Å². The van der Waals surface area contributed by atoms with Gasteiger partial charge < -0.3 is 20.8 Å². The molecule has 0 aliphatic rings. The molecule has 0 fully saturated rings. The van der Waals surface area contributed by atoms with Gasteiger partial charge >= 0.3 is 0 Å². The lowest BCUT2D eigenvalue weighted by molar-refractivity contribution is 0.0678. The van der Waals surface area contributed by atoms with Gasteiger partial charge in [-0.3, -0.25) is 4.79 Å². The third-order valence-corrected chi connectivity index (χ3v) is 2.36. The number of rotatable bonds is 5. The van der Waals surface area contributed by atoms with Crippen LogP contribution in [0.25, 0.3) is 0 Å². The highest BCUT2D eigenvalue weighted by Crippen LogP contribution is 2.07. The van der Waals surface area contributed by atoms with Crippen LogP contribution in [0.3, 0.4) is 0 Å². The molecule has 102 valence electrons.